The van der Waals surface area contributed by atoms with Crippen molar-refractivity contribution < 1.29 is 14.2 Å². The first kappa shape index (κ1) is 11.4. The second-order valence-electron chi connectivity index (χ2n) is 5.10. The van der Waals surface area contributed by atoms with Crippen molar-refractivity contribution in [2.75, 3.05) is 0 Å². The normalized spacial score (nSPS) is 41.4. The summed E-state index contributed by atoms with van der Waals surface area (Å²) in [6, 6.07) is 0. The van der Waals surface area contributed by atoms with E-state index in [1.54, 1.807) is 0 Å². The molecule has 2 aliphatic heterocycles. The van der Waals surface area contributed by atoms with Crippen LogP contribution < -0.4 is 0 Å². The molecule has 2 heterocycles. The molecule has 3 nitrogen and oxygen atoms in total. The summed E-state index contributed by atoms with van der Waals surface area (Å²) in [6.45, 7) is 8.41. The van der Waals surface area contributed by atoms with E-state index in [1.807, 2.05) is 0 Å². The van der Waals surface area contributed by atoms with Gasteiger partial charge >= 0.3 is 0 Å². The Bertz CT molecular complexity index is 217. The molecule has 3 heteroatoms. The van der Waals surface area contributed by atoms with Crippen LogP contribution in [0.25, 0.3) is 0 Å². The van der Waals surface area contributed by atoms with Gasteiger partial charge in [-0.15, -0.1) is 0 Å². The summed E-state index contributed by atoms with van der Waals surface area (Å²) in [5.41, 5.74) is 0. The molecule has 5 atom stereocenters. The van der Waals surface area contributed by atoms with Gasteiger partial charge in [0.25, 0.3) is 6.48 Å². The summed E-state index contributed by atoms with van der Waals surface area (Å²) in [4.78, 5) is 0. The zero-order valence-electron chi connectivity index (χ0n) is 10.1. The largest absolute Gasteiger partial charge is 0.323 e. The SMILES string of the molecule is CCCC(C)C1OC2OC(C(C)C)C1O2. The van der Waals surface area contributed by atoms with Gasteiger partial charge in [-0.2, -0.15) is 0 Å². The Labute approximate surface area is 92.1 Å². The minimum Gasteiger partial charge on any atom is -0.323 e. The lowest BCUT2D eigenvalue weighted by Gasteiger charge is -2.31. The van der Waals surface area contributed by atoms with Crippen molar-refractivity contribution in [3.63, 3.8) is 0 Å². The van der Waals surface area contributed by atoms with E-state index in [9.17, 15) is 0 Å². The quantitative estimate of drug-likeness (QED) is 0.719. The van der Waals surface area contributed by atoms with Crippen LogP contribution in [-0.4, -0.2) is 24.8 Å². The predicted molar refractivity (Wildman–Crippen MR) is 57.3 cm³/mol. The van der Waals surface area contributed by atoms with Crippen LogP contribution in [0.15, 0.2) is 0 Å². The van der Waals surface area contributed by atoms with Crippen LogP contribution in [-0.2, 0) is 14.2 Å². The lowest BCUT2D eigenvalue weighted by molar-refractivity contribution is -0.236. The molecule has 2 saturated heterocycles. The molecular weight excluding hydrogens is 192 g/mol. The predicted octanol–water partition coefficient (Wildman–Crippen LogP) is 2.55. The minimum atomic E-state index is -0.397. The zero-order chi connectivity index (χ0) is 11.0. The third-order valence-corrected chi connectivity index (χ3v) is 3.41. The average molecular weight is 214 g/mol. The van der Waals surface area contributed by atoms with Gasteiger partial charge in [0, 0.05) is 0 Å². The number of ether oxygens (including phenoxy) is 3. The molecule has 2 fully saturated rings. The molecule has 88 valence electrons. The van der Waals surface area contributed by atoms with Crippen molar-refractivity contribution >= 4 is 0 Å². The molecule has 0 aromatic rings. The van der Waals surface area contributed by atoms with Crippen molar-refractivity contribution in [3.8, 4) is 0 Å². The Hall–Kier alpha value is -0.120. The second kappa shape index (κ2) is 4.40. The fraction of sp³-hybridized carbons (Fsp3) is 1.00. The van der Waals surface area contributed by atoms with Gasteiger partial charge in [0.2, 0.25) is 0 Å². The Balaban J connectivity index is 1.98. The molecule has 0 aromatic carbocycles. The van der Waals surface area contributed by atoms with Gasteiger partial charge in [-0.3, -0.25) is 0 Å². The van der Waals surface area contributed by atoms with Gasteiger partial charge < -0.3 is 14.2 Å². The van der Waals surface area contributed by atoms with E-state index >= 15 is 0 Å². The van der Waals surface area contributed by atoms with Gasteiger partial charge in [0.05, 0.1) is 12.2 Å². The van der Waals surface area contributed by atoms with E-state index in [2.05, 4.69) is 27.7 Å². The van der Waals surface area contributed by atoms with Crippen LogP contribution in [0.5, 0.6) is 0 Å². The third kappa shape index (κ3) is 2.05. The summed E-state index contributed by atoms with van der Waals surface area (Å²) in [5, 5.41) is 0. The second-order valence-corrected chi connectivity index (χ2v) is 5.10. The standard InChI is InChI=1S/C12H22O3/c1-5-6-8(4)10-11-9(7(2)3)13-12(14-10)15-11/h7-12H,5-6H2,1-4H3. The van der Waals surface area contributed by atoms with Crippen molar-refractivity contribution in [3.05, 3.63) is 0 Å². The van der Waals surface area contributed by atoms with Crippen molar-refractivity contribution in [1.82, 2.24) is 0 Å². The van der Waals surface area contributed by atoms with E-state index in [0.29, 0.717) is 11.8 Å². The highest BCUT2D eigenvalue weighted by atomic mass is 16.9. The molecule has 2 aliphatic rings. The highest BCUT2D eigenvalue weighted by molar-refractivity contribution is 4.91. The molecule has 0 N–H and O–H groups in total. The van der Waals surface area contributed by atoms with E-state index in [-0.39, 0.29) is 18.3 Å². The highest BCUT2D eigenvalue weighted by Gasteiger charge is 2.52. The topological polar surface area (TPSA) is 27.7 Å². The first-order valence-electron chi connectivity index (χ1n) is 6.09. The fourth-order valence-corrected chi connectivity index (χ4v) is 2.59. The Kier molecular flexibility index (Phi) is 3.33. The van der Waals surface area contributed by atoms with Crippen molar-refractivity contribution in [1.29, 1.82) is 0 Å². The van der Waals surface area contributed by atoms with Gasteiger partial charge in [0.15, 0.2) is 0 Å². The molecule has 15 heavy (non-hydrogen) atoms. The number of hydrogen-bond acceptors (Lipinski definition) is 3. The minimum absolute atomic E-state index is 0.150. The van der Waals surface area contributed by atoms with Crippen molar-refractivity contribution in [2.45, 2.75) is 65.3 Å². The summed E-state index contributed by atoms with van der Waals surface area (Å²) >= 11 is 0. The Morgan fingerprint density at radius 1 is 1.00 bits per heavy atom. The summed E-state index contributed by atoms with van der Waals surface area (Å²) in [5.74, 6) is 1.07. The monoisotopic (exact) mass is 214 g/mol. The molecular formula is C12H22O3. The number of hydrogen-bond donors (Lipinski definition) is 0. The van der Waals surface area contributed by atoms with Gasteiger partial charge in [-0.1, -0.05) is 34.1 Å². The van der Waals surface area contributed by atoms with Crippen LogP contribution in [0.2, 0.25) is 0 Å². The molecule has 0 aliphatic carbocycles. The Morgan fingerprint density at radius 2 is 1.67 bits per heavy atom. The smallest absolute Gasteiger partial charge is 0.272 e. The summed E-state index contributed by atoms with van der Waals surface area (Å²) in [6.07, 6.45) is 2.99. The maximum atomic E-state index is 5.71. The average Bonchev–Trinajstić information content (AvgIpc) is 2.76. The lowest BCUT2D eigenvalue weighted by Crippen LogP contribution is -2.43. The van der Waals surface area contributed by atoms with Crippen LogP contribution in [0.4, 0.5) is 0 Å². The van der Waals surface area contributed by atoms with E-state index in [0.717, 1.165) is 0 Å². The maximum Gasteiger partial charge on any atom is 0.272 e. The first-order chi connectivity index (χ1) is 7.13. The zero-order valence-corrected chi connectivity index (χ0v) is 10.1. The maximum absolute atomic E-state index is 5.71. The van der Waals surface area contributed by atoms with Crippen LogP contribution >= 0.6 is 0 Å². The van der Waals surface area contributed by atoms with Gasteiger partial charge in [-0.25, -0.2) is 0 Å². The van der Waals surface area contributed by atoms with Crippen LogP contribution in [0.1, 0.15) is 40.5 Å². The number of rotatable bonds is 4. The van der Waals surface area contributed by atoms with Crippen LogP contribution in [0.3, 0.4) is 0 Å². The summed E-state index contributed by atoms with van der Waals surface area (Å²) < 4.78 is 17.0. The molecule has 0 spiro atoms. The number of fused-ring (bicyclic) bond motifs is 2. The highest BCUT2D eigenvalue weighted by Crippen LogP contribution is 2.39. The lowest BCUT2D eigenvalue weighted by atomic mass is 9.89. The molecule has 2 rings (SSSR count). The van der Waals surface area contributed by atoms with Gasteiger partial charge in [-0.05, 0) is 18.3 Å². The molecule has 0 aromatic heterocycles. The molecule has 5 unspecified atom stereocenters. The third-order valence-electron chi connectivity index (χ3n) is 3.41. The molecule has 2 bridgehead atoms. The fourth-order valence-electron chi connectivity index (χ4n) is 2.59. The van der Waals surface area contributed by atoms with Crippen molar-refractivity contribution in [2.24, 2.45) is 11.8 Å². The molecule has 0 saturated carbocycles. The summed E-state index contributed by atoms with van der Waals surface area (Å²) in [7, 11) is 0. The Morgan fingerprint density at radius 3 is 2.20 bits per heavy atom. The van der Waals surface area contributed by atoms with E-state index < -0.39 is 6.48 Å². The first-order valence-corrected chi connectivity index (χ1v) is 6.09. The molecule has 0 radical (unpaired) electrons. The molecule has 0 amide bonds. The van der Waals surface area contributed by atoms with Gasteiger partial charge in [0.1, 0.15) is 6.10 Å². The van der Waals surface area contributed by atoms with Crippen LogP contribution in [0, 0.1) is 11.8 Å². The van der Waals surface area contributed by atoms with E-state index in [4.69, 9.17) is 14.2 Å². The van der Waals surface area contributed by atoms with E-state index in [1.165, 1.54) is 12.8 Å².